The van der Waals surface area contributed by atoms with Gasteiger partial charge in [-0.3, -0.25) is 14.6 Å². The largest absolute Gasteiger partial charge is 0.457 e. The van der Waals surface area contributed by atoms with Crippen molar-refractivity contribution < 1.29 is 35.6 Å². The molecule has 1 amide bonds. The Morgan fingerprint density at radius 3 is 2.23 bits per heavy atom. The van der Waals surface area contributed by atoms with Crippen molar-refractivity contribution in [2.24, 2.45) is 0 Å². The molecule has 2 aliphatic rings. The van der Waals surface area contributed by atoms with Gasteiger partial charge >= 0.3 is 12.4 Å². The van der Waals surface area contributed by atoms with Gasteiger partial charge in [0.25, 0.3) is 5.91 Å². The van der Waals surface area contributed by atoms with Gasteiger partial charge in [0.1, 0.15) is 15.8 Å². The van der Waals surface area contributed by atoms with E-state index in [0.717, 1.165) is 37.9 Å². The molecule has 35 heavy (non-hydrogen) atoms. The van der Waals surface area contributed by atoms with E-state index in [1.165, 1.54) is 23.1 Å². The van der Waals surface area contributed by atoms with Gasteiger partial charge in [-0.2, -0.15) is 26.3 Å². The van der Waals surface area contributed by atoms with Crippen molar-refractivity contribution in [3.63, 3.8) is 0 Å². The van der Waals surface area contributed by atoms with Gasteiger partial charge < -0.3 is 9.73 Å². The fourth-order valence-corrected chi connectivity index (χ4v) is 4.97. The standard InChI is InChI=1S/C22H19F6N3O2S2/c23-21(24,25)14-9-13(10-15(11-14)22(26,27)28)17-2-1-16(33-17)12-18-19(32)31(20(34)35-18)8-7-30-5-3-29-4-6-30/h1-2,9-12,29H,3-8H2/b18-12-. The summed E-state index contributed by atoms with van der Waals surface area (Å²) in [6.45, 7) is 4.54. The molecule has 0 radical (unpaired) electrons. The minimum atomic E-state index is -4.97. The topological polar surface area (TPSA) is 48.7 Å². The molecule has 0 bridgehead atoms. The molecular weight excluding hydrogens is 516 g/mol. The molecule has 2 aromatic rings. The number of hydrogen-bond acceptors (Lipinski definition) is 6. The van der Waals surface area contributed by atoms with E-state index in [1.54, 1.807) is 0 Å². The number of rotatable bonds is 5. The number of nitrogens with one attached hydrogen (secondary N) is 1. The Hall–Kier alpha value is -2.35. The number of piperazine rings is 1. The maximum Gasteiger partial charge on any atom is 0.416 e. The summed E-state index contributed by atoms with van der Waals surface area (Å²) in [5, 5.41) is 3.25. The average Bonchev–Trinajstić information content (AvgIpc) is 3.36. The first kappa shape index (κ1) is 25.7. The van der Waals surface area contributed by atoms with E-state index in [0.29, 0.717) is 29.5 Å². The van der Waals surface area contributed by atoms with Crippen molar-refractivity contribution in [1.29, 1.82) is 0 Å². The lowest BCUT2D eigenvalue weighted by molar-refractivity contribution is -0.143. The average molecular weight is 536 g/mol. The van der Waals surface area contributed by atoms with Crippen LogP contribution in [0.3, 0.4) is 0 Å². The van der Waals surface area contributed by atoms with Crippen LogP contribution in [0.15, 0.2) is 39.7 Å². The van der Waals surface area contributed by atoms with Crippen LogP contribution in [0.4, 0.5) is 26.3 Å². The second-order valence-corrected chi connectivity index (χ2v) is 9.60. The lowest BCUT2D eigenvalue weighted by atomic mass is 10.0. The monoisotopic (exact) mass is 535 g/mol. The molecule has 1 aromatic heterocycles. The van der Waals surface area contributed by atoms with Crippen LogP contribution in [0.2, 0.25) is 0 Å². The summed E-state index contributed by atoms with van der Waals surface area (Å²) in [6.07, 6.45) is -8.56. The van der Waals surface area contributed by atoms with Crippen molar-refractivity contribution in [3.05, 3.63) is 52.1 Å². The second kappa shape index (κ2) is 9.96. The molecule has 0 spiro atoms. The van der Waals surface area contributed by atoms with Crippen molar-refractivity contribution in [3.8, 4) is 11.3 Å². The third kappa shape index (κ3) is 6.08. The smallest absolute Gasteiger partial charge is 0.416 e. The zero-order chi connectivity index (χ0) is 25.4. The van der Waals surface area contributed by atoms with E-state index in [2.05, 4.69) is 10.2 Å². The lowest BCUT2D eigenvalue weighted by Gasteiger charge is -2.28. The highest BCUT2D eigenvalue weighted by molar-refractivity contribution is 8.26. The lowest BCUT2D eigenvalue weighted by Crippen LogP contribution is -2.46. The molecule has 1 N–H and O–H groups in total. The molecule has 0 unspecified atom stereocenters. The third-order valence-electron chi connectivity index (χ3n) is 5.50. The SMILES string of the molecule is O=C1/C(=C/c2ccc(-c3cc(C(F)(F)F)cc(C(F)(F)F)c3)o2)SC(=S)N1CCN1CCNCC1. The minimum Gasteiger partial charge on any atom is -0.457 e. The van der Waals surface area contributed by atoms with Crippen LogP contribution < -0.4 is 5.32 Å². The van der Waals surface area contributed by atoms with Gasteiger partial charge in [-0.1, -0.05) is 24.0 Å². The van der Waals surface area contributed by atoms with E-state index in [1.807, 2.05) is 0 Å². The number of alkyl halides is 6. The summed E-state index contributed by atoms with van der Waals surface area (Å²) < 4.78 is 84.8. The van der Waals surface area contributed by atoms with Gasteiger partial charge in [0, 0.05) is 50.9 Å². The maximum atomic E-state index is 13.2. The zero-order valence-corrected chi connectivity index (χ0v) is 19.6. The molecule has 3 heterocycles. The molecule has 1 aromatic carbocycles. The summed E-state index contributed by atoms with van der Waals surface area (Å²) in [4.78, 5) is 16.7. The van der Waals surface area contributed by atoms with Crippen LogP contribution >= 0.6 is 24.0 Å². The molecule has 4 rings (SSSR count). The van der Waals surface area contributed by atoms with Gasteiger partial charge in [0.2, 0.25) is 0 Å². The summed E-state index contributed by atoms with van der Waals surface area (Å²) in [7, 11) is 0. The molecule has 2 fully saturated rings. The molecular formula is C22H19F6N3O2S2. The highest BCUT2D eigenvalue weighted by Crippen LogP contribution is 2.39. The molecule has 0 atom stereocenters. The van der Waals surface area contributed by atoms with Crippen LogP contribution in [-0.2, 0) is 17.1 Å². The molecule has 188 valence electrons. The number of furan rings is 1. The normalized spacial score (nSPS) is 19.3. The van der Waals surface area contributed by atoms with E-state index >= 15 is 0 Å². The summed E-state index contributed by atoms with van der Waals surface area (Å²) in [6, 6.07) is 3.86. The number of hydrogen-bond donors (Lipinski definition) is 1. The van der Waals surface area contributed by atoms with Crippen molar-refractivity contribution in [1.82, 2.24) is 15.1 Å². The van der Waals surface area contributed by atoms with Crippen molar-refractivity contribution in [2.75, 3.05) is 39.3 Å². The number of halogens is 6. The Balaban J connectivity index is 1.53. The highest BCUT2D eigenvalue weighted by atomic mass is 32.2. The number of amides is 1. The van der Waals surface area contributed by atoms with E-state index in [-0.39, 0.29) is 34.0 Å². The van der Waals surface area contributed by atoms with Crippen LogP contribution in [0, 0.1) is 0 Å². The van der Waals surface area contributed by atoms with E-state index < -0.39 is 23.5 Å². The number of thiocarbonyl (C=S) groups is 1. The first-order valence-electron chi connectivity index (χ1n) is 10.5. The fourth-order valence-electron chi connectivity index (χ4n) is 3.68. The maximum absolute atomic E-state index is 13.2. The number of carbonyl (C=O) groups is 1. The molecule has 2 saturated heterocycles. The van der Waals surface area contributed by atoms with E-state index in [4.69, 9.17) is 16.6 Å². The Morgan fingerprint density at radius 2 is 1.63 bits per heavy atom. The zero-order valence-electron chi connectivity index (χ0n) is 18.0. The van der Waals surface area contributed by atoms with Crippen molar-refractivity contribution >= 4 is 40.3 Å². The predicted molar refractivity (Wildman–Crippen MR) is 123 cm³/mol. The third-order valence-corrected chi connectivity index (χ3v) is 6.87. The minimum absolute atomic E-state index is 0.0547. The van der Waals surface area contributed by atoms with Gasteiger partial charge in [0.05, 0.1) is 16.0 Å². The van der Waals surface area contributed by atoms with Gasteiger partial charge in [-0.25, -0.2) is 0 Å². The summed E-state index contributed by atoms with van der Waals surface area (Å²) in [5.74, 6) is -0.415. The summed E-state index contributed by atoms with van der Waals surface area (Å²) >= 11 is 6.37. The van der Waals surface area contributed by atoms with Crippen LogP contribution in [0.25, 0.3) is 17.4 Å². The molecule has 13 heteroatoms. The van der Waals surface area contributed by atoms with Gasteiger partial charge in [0.15, 0.2) is 0 Å². The Bertz CT molecular complexity index is 1120. The number of benzene rings is 1. The number of thioether (sulfide) groups is 1. The molecule has 2 aliphatic heterocycles. The molecule has 5 nitrogen and oxygen atoms in total. The summed E-state index contributed by atoms with van der Waals surface area (Å²) in [5.41, 5.74) is -3.26. The van der Waals surface area contributed by atoms with Gasteiger partial charge in [-0.05, 0) is 30.3 Å². The fraction of sp³-hybridized carbons (Fsp3) is 0.364. The van der Waals surface area contributed by atoms with Crippen molar-refractivity contribution in [2.45, 2.75) is 12.4 Å². The Kier molecular flexibility index (Phi) is 7.32. The quantitative estimate of drug-likeness (QED) is 0.327. The van der Waals surface area contributed by atoms with Crippen LogP contribution in [0.5, 0.6) is 0 Å². The molecule has 0 aliphatic carbocycles. The van der Waals surface area contributed by atoms with Crippen LogP contribution in [-0.4, -0.2) is 59.3 Å². The number of carbonyl (C=O) groups excluding carboxylic acids is 1. The Morgan fingerprint density at radius 1 is 1.00 bits per heavy atom. The van der Waals surface area contributed by atoms with Gasteiger partial charge in [-0.15, -0.1) is 0 Å². The first-order valence-corrected chi connectivity index (χ1v) is 11.7. The second-order valence-electron chi connectivity index (χ2n) is 7.92. The van der Waals surface area contributed by atoms with Crippen LogP contribution in [0.1, 0.15) is 16.9 Å². The predicted octanol–water partition coefficient (Wildman–Crippen LogP) is 5.09. The highest BCUT2D eigenvalue weighted by Gasteiger charge is 2.37. The van der Waals surface area contributed by atoms with E-state index in [9.17, 15) is 31.1 Å². The molecule has 0 saturated carbocycles. The Labute approximate surface area is 206 Å². The number of nitrogens with zero attached hydrogens (tertiary/aromatic N) is 2. The first-order chi connectivity index (χ1) is 16.4.